The number of aryl methyl sites for hydroxylation is 2. The second-order valence-corrected chi connectivity index (χ2v) is 7.17. The van der Waals surface area contributed by atoms with Crippen LogP contribution in [-0.4, -0.2) is 5.91 Å². The maximum Gasteiger partial charge on any atom is 0.257 e. The summed E-state index contributed by atoms with van der Waals surface area (Å²) < 4.78 is 15.6. The van der Waals surface area contributed by atoms with Crippen LogP contribution in [0.2, 0.25) is 0 Å². The van der Waals surface area contributed by atoms with E-state index in [1.807, 2.05) is 24.4 Å². The minimum absolute atomic E-state index is 0.200. The molecule has 1 amide bonds. The number of fused-ring (bicyclic) bond motifs is 1. The van der Waals surface area contributed by atoms with E-state index in [1.165, 1.54) is 11.6 Å². The van der Waals surface area contributed by atoms with Crippen LogP contribution in [0.4, 0.5) is 10.1 Å². The van der Waals surface area contributed by atoms with E-state index < -0.39 is 0 Å². The van der Waals surface area contributed by atoms with Gasteiger partial charge in [-0.15, -0.1) is 11.3 Å². The molecule has 0 saturated heterocycles. The number of hydrogen-bond acceptors (Lipinski definition) is 2. The molecule has 0 aliphatic carbocycles. The molecule has 0 aliphatic heterocycles. The minimum Gasteiger partial charge on any atom is -0.322 e. The summed E-state index contributed by atoms with van der Waals surface area (Å²) in [6, 6.07) is 9.21. The molecule has 2 aromatic carbocycles. The number of amides is 1. The Bertz CT molecular complexity index is 903. The van der Waals surface area contributed by atoms with Gasteiger partial charge in [0.25, 0.3) is 5.91 Å². The van der Waals surface area contributed by atoms with E-state index >= 15 is 0 Å². The van der Waals surface area contributed by atoms with Gasteiger partial charge in [0.1, 0.15) is 5.82 Å². The van der Waals surface area contributed by atoms with E-state index in [0.717, 1.165) is 15.6 Å². The standard InChI is InChI=1S/C18H15FINOS/c1-10-3-4-13-14(9-23-17(13)5-10)18(22)21-16-7-15(19)11(2)6-12(16)8-20/h3-7,9H,8H2,1-2H3,(H,21,22). The molecule has 0 fully saturated rings. The minimum atomic E-state index is -0.306. The van der Waals surface area contributed by atoms with Crippen LogP contribution < -0.4 is 5.32 Å². The molecule has 0 bridgehead atoms. The van der Waals surface area contributed by atoms with Crippen molar-refractivity contribution in [3.8, 4) is 0 Å². The smallest absolute Gasteiger partial charge is 0.257 e. The van der Waals surface area contributed by atoms with E-state index in [-0.39, 0.29) is 11.7 Å². The van der Waals surface area contributed by atoms with Crippen molar-refractivity contribution in [2.24, 2.45) is 0 Å². The summed E-state index contributed by atoms with van der Waals surface area (Å²) in [4.78, 5) is 12.6. The summed E-state index contributed by atoms with van der Waals surface area (Å²) in [7, 11) is 0. The summed E-state index contributed by atoms with van der Waals surface area (Å²) in [6.45, 7) is 3.76. The van der Waals surface area contributed by atoms with Gasteiger partial charge in [0, 0.05) is 25.6 Å². The number of nitrogens with one attached hydrogen (secondary N) is 1. The average Bonchev–Trinajstić information content (AvgIpc) is 2.93. The summed E-state index contributed by atoms with van der Waals surface area (Å²) in [5.74, 6) is -0.505. The lowest BCUT2D eigenvalue weighted by molar-refractivity contribution is 0.102. The van der Waals surface area contributed by atoms with Gasteiger partial charge in [0.2, 0.25) is 0 Å². The van der Waals surface area contributed by atoms with Crippen LogP contribution in [0.3, 0.4) is 0 Å². The molecule has 23 heavy (non-hydrogen) atoms. The molecule has 3 aromatic rings. The number of hydrogen-bond donors (Lipinski definition) is 1. The van der Waals surface area contributed by atoms with E-state index in [4.69, 9.17) is 0 Å². The second-order valence-electron chi connectivity index (χ2n) is 5.50. The van der Waals surface area contributed by atoms with Gasteiger partial charge in [-0.3, -0.25) is 4.79 Å². The zero-order chi connectivity index (χ0) is 16.6. The molecule has 118 valence electrons. The monoisotopic (exact) mass is 439 g/mol. The Morgan fingerprint density at radius 1 is 1.26 bits per heavy atom. The van der Waals surface area contributed by atoms with Gasteiger partial charge in [-0.05, 0) is 42.7 Å². The molecule has 1 heterocycles. The first-order valence-electron chi connectivity index (χ1n) is 7.14. The normalized spacial score (nSPS) is 11.0. The predicted molar refractivity (Wildman–Crippen MR) is 103 cm³/mol. The van der Waals surface area contributed by atoms with Crippen LogP contribution >= 0.6 is 33.9 Å². The third-order valence-corrected chi connectivity index (χ3v) is 5.52. The quantitative estimate of drug-likeness (QED) is 0.403. The van der Waals surface area contributed by atoms with Crippen LogP contribution in [0, 0.1) is 19.7 Å². The number of thiophene rings is 1. The molecule has 0 saturated carbocycles. The average molecular weight is 439 g/mol. The van der Waals surface area contributed by atoms with E-state index in [0.29, 0.717) is 21.2 Å². The lowest BCUT2D eigenvalue weighted by atomic mass is 10.1. The third kappa shape index (κ3) is 3.26. The van der Waals surface area contributed by atoms with Gasteiger partial charge in [-0.2, -0.15) is 0 Å². The number of anilines is 1. The van der Waals surface area contributed by atoms with Crippen LogP contribution in [0.25, 0.3) is 10.1 Å². The molecule has 0 unspecified atom stereocenters. The first kappa shape index (κ1) is 16.4. The second kappa shape index (κ2) is 6.57. The van der Waals surface area contributed by atoms with Crippen LogP contribution in [-0.2, 0) is 4.43 Å². The van der Waals surface area contributed by atoms with Gasteiger partial charge in [-0.25, -0.2) is 4.39 Å². The molecule has 0 radical (unpaired) electrons. The number of halogens is 2. The predicted octanol–water partition coefficient (Wildman–Crippen LogP) is 5.84. The van der Waals surface area contributed by atoms with Gasteiger partial charge < -0.3 is 5.32 Å². The molecule has 0 aliphatic rings. The van der Waals surface area contributed by atoms with Crippen molar-refractivity contribution in [1.29, 1.82) is 0 Å². The van der Waals surface area contributed by atoms with Gasteiger partial charge in [0.15, 0.2) is 0 Å². The van der Waals surface area contributed by atoms with Crippen molar-refractivity contribution in [3.63, 3.8) is 0 Å². The van der Waals surface area contributed by atoms with Crippen molar-refractivity contribution in [3.05, 3.63) is 63.8 Å². The van der Waals surface area contributed by atoms with E-state index in [2.05, 4.69) is 34.0 Å². The summed E-state index contributed by atoms with van der Waals surface area (Å²) >= 11 is 3.76. The Labute approximate surface area is 151 Å². The highest BCUT2D eigenvalue weighted by Gasteiger charge is 2.15. The van der Waals surface area contributed by atoms with E-state index in [1.54, 1.807) is 24.3 Å². The number of benzene rings is 2. The van der Waals surface area contributed by atoms with Crippen LogP contribution in [0.15, 0.2) is 35.7 Å². The van der Waals surface area contributed by atoms with Crippen molar-refractivity contribution < 1.29 is 9.18 Å². The fraction of sp³-hybridized carbons (Fsp3) is 0.167. The summed E-state index contributed by atoms with van der Waals surface area (Å²) in [5, 5.41) is 5.65. The van der Waals surface area contributed by atoms with Crippen LogP contribution in [0.1, 0.15) is 27.0 Å². The zero-order valence-electron chi connectivity index (χ0n) is 12.7. The molecular weight excluding hydrogens is 424 g/mol. The van der Waals surface area contributed by atoms with Gasteiger partial charge in [0.05, 0.1) is 5.56 Å². The van der Waals surface area contributed by atoms with Crippen molar-refractivity contribution in [2.45, 2.75) is 18.3 Å². The molecule has 1 N–H and O–H groups in total. The number of carbonyl (C=O) groups is 1. The molecule has 1 aromatic heterocycles. The highest BCUT2D eigenvalue weighted by atomic mass is 127. The Kier molecular flexibility index (Phi) is 4.68. The SMILES string of the molecule is Cc1ccc2c(C(=O)Nc3cc(F)c(C)cc3CI)csc2c1. The first-order valence-corrected chi connectivity index (χ1v) is 9.54. The highest BCUT2D eigenvalue weighted by molar-refractivity contribution is 14.1. The highest BCUT2D eigenvalue weighted by Crippen LogP contribution is 2.29. The Morgan fingerprint density at radius 2 is 2.04 bits per heavy atom. The lowest BCUT2D eigenvalue weighted by Gasteiger charge is -2.11. The molecule has 5 heteroatoms. The van der Waals surface area contributed by atoms with E-state index in [9.17, 15) is 9.18 Å². The number of alkyl halides is 1. The molecular formula is C18H15FINOS. The van der Waals surface area contributed by atoms with Crippen LogP contribution in [0.5, 0.6) is 0 Å². The zero-order valence-corrected chi connectivity index (χ0v) is 15.7. The maximum atomic E-state index is 13.8. The fourth-order valence-electron chi connectivity index (χ4n) is 2.47. The Morgan fingerprint density at radius 3 is 2.78 bits per heavy atom. The largest absolute Gasteiger partial charge is 0.322 e. The Hall–Kier alpha value is -1.47. The molecule has 0 spiro atoms. The van der Waals surface area contributed by atoms with Crippen molar-refractivity contribution in [2.75, 3.05) is 5.32 Å². The topological polar surface area (TPSA) is 29.1 Å². The summed E-state index contributed by atoms with van der Waals surface area (Å²) in [6.07, 6.45) is 0. The molecule has 2 nitrogen and oxygen atoms in total. The Balaban J connectivity index is 1.96. The van der Waals surface area contributed by atoms with Crippen molar-refractivity contribution >= 4 is 55.6 Å². The van der Waals surface area contributed by atoms with Gasteiger partial charge >= 0.3 is 0 Å². The summed E-state index contributed by atoms with van der Waals surface area (Å²) in [5.41, 5.74) is 3.85. The van der Waals surface area contributed by atoms with Gasteiger partial charge in [-0.1, -0.05) is 40.8 Å². The molecule has 0 atom stereocenters. The lowest BCUT2D eigenvalue weighted by Crippen LogP contribution is -2.13. The molecule has 3 rings (SSSR count). The fourth-order valence-corrected chi connectivity index (χ4v) is 4.14. The third-order valence-electron chi connectivity index (χ3n) is 3.75. The number of carbonyl (C=O) groups excluding carboxylic acids is 1. The first-order chi connectivity index (χ1) is 11.0. The van der Waals surface area contributed by atoms with Crippen molar-refractivity contribution in [1.82, 2.24) is 0 Å². The maximum absolute atomic E-state index is 13.8. The number of rotatable bonds is 3.